The van der Waals surface area contributed by atoms with Crippen LogP contribution in [-0.2, 0) is 0 Å². The molecule has 0 aliphatic carbocycles. The number of nitrogens with one attached hydrogen (secondary N) is 1. The van der Waals surface area contributed by atoms with Crippen molar-refractivity contribution in [3.05, 3.63) is 146 Å². The third-order valence-corrected chi connectivity index (χ3v) is 7.79. The molecular weight excluding hydrogens is 486 g/mol. The maximum atomic E-state index is 4.73. The van der Waals surface area contributed by atoms with Crippen molar-refractivity contribution in [3.8, 4) is 39.3 Å². The van der Waals surface area contributed by atoms with Crippen molar-refractivity contribution in [2.24, 2.45) is 0 Å². The quantitative estimate of drug-likeness (QED) is 0.251. The first kappa shape index (κ1) is 22.6. The Bertz CT molecular complexity index is 2100. The molecule has 0 fully saturated rings. The van der Waals surface area contributed by atoms with Gasteiger partial charge in [0.2, 0.25) is 0 Å². The van der Waals surface area contributed by atoms with Gasteiger partial charge in [-0.25, -0.2) is 4.98 Å². The number of hydrogen-bond acceptors (Lipinski definition) is 1. The first-order valence-corrected chi connectivity index (χ1v) is 13.6. The van der Waals surface area contributed by atoms with Crippen molar-refractivity contribution in [1.82, 2.24) is 14.5 Å². The lowest BCUT2D eigenvalue weighted by molar-refractivity contribution is 1.18. The summed E-state index contributed by atoms with van der Waals surface area (Å²) in [4.78, 5) is 8.15. The highest BCUT2D eigenvalue weighted by Crippen LogP contribution is 2.35. The molecule has 1 N–H and O–H groups in total. The van der Waals surface area contributed by atoms with E-state index in [2.05, 4.69) is 137 Å². The van der Waals surface area contributed by atoms with Gasteiger partial charge in [0.25, 0.3) is 0 Å². The van der Waals surface area contributed by atoms with E-state index >= 15 is 0 Å². The summed E-state index contributed by atoms with van der Waals surface area (Å²) in [5, 5.41) is 2.53. The number of aromatic nitrogens is 3. The number of nitrogens with zero attached hydrogens (tertiary/aromatic N) is 2. The molecule has 0 unspecified atom stereocenters. The molecule has 0 aliphatic rings. The second-order valence-corrected chi connectivity index (χ2v) is 10.2. The number of para-hydroxylation sites is 4. The van der Waals surface area contributed by atoms with E-state index in [4.69, 9.17) is 4.98 Å². The molecule has 0 atom stereocenters. The molecule has 0 amide bonds. The van der Waals surface area contributed by atoms with E-state index in [-0.39, 0.29) is 0 Å². The summed E-state index contributed by atoms with van der Waals surface area (Å²) >= 11 is 0. The van der Waals surface area contributed by atoms with Crippen LogP contribution < -0.4 is 0 Å². The van der Waals surface area contributed by atoms with Crippen LogP contribution in [0.3, 0.4) is 0 Å². The van der Waals surface area contributed by atoms with E-state index in [0.717, 1.165) is 22.4 Å². The number of hydrogen-bond donors (Lipinski definition) is 1. The second-order valence-electron chi connectivity index (χ2n) is 10.2. The van der Waals surface area contributed by atoms with E-state index in [0.29, 0.717) is 0 Å². The van der Waals surface area contributed by atoms with Gasteiger partial charge in [-0.2, -0.15) is 0 Å². The average Bonchev–Trinajstić information content (AvgIpc) is 3.61. The summed E-state index contributed by atoms with van der Waals surface area (Å²) in [6.45, 7) is 0. The standard InChI is InChI=1S/C37H25N3/c1-2-8-30(9-3-1)40-35-13-7-4-10-31(35)32-24-29(22-23-36(32)40)27-16-14-25(15-17-27)26-18-20-28(21-19-26)37-38-33-11-5-6-12-34(33)39-37/h1-24H,(H,38,39). The number of aromatic amines is 1. The van der Waals surface area contributed by atoms with Gasteiger partial charge in [0.05, 0.1) is 22.1 Å². The van der Waals surface area contributed by atoms with Gasteiger partial charge in [0, 0.05) is 22.0 Å². The van der Waals surface area contributed by atoms with Gasteiger partial charge in [-0.1, -0.05) is 103 Å². The zero-order valence-corrected chi connectivity index (χ0v) is 21.8. The molecule has 2 heterocycles. The molecule has 8 aromatic rings. The number of fused-ring (bicyclic) bond motifs is 4. The smallest absolute Gasteiger partial charge is 0.138 e. The molecule has 2 aromatic heterocycles. The van der Waals surface area contributed by atoms with Crippen molar-refractivity contribution < 1.29 is 0 Å². The molecule has 3 heteroatoms. The fourth-order valence-electron chi connectivity index (χ4n) is 5.77. The SMILES string of the molecule is c1ccc(-n2c3ccccc3c3cc(-c4ccc(-c5ccc(-c6nc7ccccc7[nH]6)cc5)cc4)ccc32)cc1. The molecule has 0 saturated carbocycles. The maximum Gasteiger partial charge on any atom is 0.138 e. The highest BCUT2D eigenvalue weighted by molar-refractivity contribution is 6.10. The number of imidazole rings is 1. The Hall–Kier alpha value is -5.41. The molecule has 0 spiro atoms. The van der Waals surface area contributed by atoms with Crippen molar-refractivity contribution in [3.63, 3.8) is 0 Å². The van der Waals surface area contributed by atoms with Crippen LogP contribution >= 0.6 is 0 Å². The lowest BCUT2D eigenvalue weighted by Gasteiger charge is -2.09. The predicted octanol–water partition coefficient (Wildman–Crippen LogP) is 9.66. The molecule has 188 valence electrons. The van der Waals surface area contributed by atoms with Crippen molar-refractivity contribution in [1.29, 1.82) is 0 Å². The minimum Gasteiger partial charge on any atom is -0.338 e. The van der Waals surface area contributed by atoms with Crippen LogP contribution in [0.5, 0.6) is 0 Å². The van der Waals surface area contributed by atoms with Crippen LogP contribution in [0.4, 0.5) is 0 Å². The summed E-state index contributed by atoms with van der Waals surface area (Å²) in [7, 11) is 0. The molecule has 0 radical (unpaired) electrons. The van der Waals surface area contributed by atoms with E-state index in [1.165, 1.54) is 49.7 Å². The molecule has 0 saturated heterocycles. The highest BCUT2D eigenvalue weighted by Gasteiger charge is 2.13. The molecule has 3 nitrogen and oxygen atoms in total. The van der Waals surface area contributed by atoms with Gasteiger partial charge < -0.3 is 9.55 Å². The molecule has 8 rings (SSSR count). The minimum atomic E-state index is 0.895. The Labute approximate surface area is 232 Å². The molecule has 0 bridgehead atoms. The van der Waals surface area contributed by atoms with Crippen LogP contribution in [0.15, 0.2) is 146 Å². The Balaban J connectivity index is 1.13. The molecule has 6 aromatic carbocycles. The Morgan fingerprint density at radius 1 is 0.450 bits per heavy atom. The lowest BCUT2D eigenvalue weighted by Crippen LogP contribution is -1.92. The first-order chi connectivity index (χ1) is 19.8. The van der Waals surface area contributed by atoms with Crippen LogP contribution in [-0.4, -0.2) is 14.5 Å². The fraction of sp³-hybridized carbons (Fsp3) is 0. The van der Waals surface area contributed by atoms with Gasteiger partial charge in [-0.05, 0) is 64.7 Å². The fourth-order valence-corrected chi connectivity index (χ4v) is 5.77. The summed E-state index contributed by atoms with van der Waals surface area (Å²) in [6.07, 6.45) is 0. The Morgan fingerprint density at radius 2 is 1.02 bits per heavy atom. The zero-order valence-electron chi connectivity index (χ0n) is 21.8. The zero-order chi connectivity index (χ0) is 26.5. The van der Waals surface area contributed by atoms with Crippen LogP contribution in [0, 0.1) is 0 Å². The van der Waals surface area contributed by atoms with Gasteiger partial charge in [-0.3, -0.25) is 0 Å². The predicted molar refractivity (Wildman–Crippen MR) is 167 cm³/mol. The summed E-state index contributed by atoms with van der Waals surface area (Å²) in [6, 6.07) is 51.7. The monoisotopic (exact) mass is 511 g/mol. The summed E-state index contributed by atoms with van der Waals surface area (Å²) in [5.41, 5.74) is 11.6. The Morgan fingerprint density at radius 3 is 1.77 bits per heavy atom. The number of rotatable bonds is 4. The van der Waals surface area contributed by atoms with Crippen molar-refractivity contribution in [2.75, 3.05) is 0 Å². The van der Waals surface area contributed by atoms with Crippen molar-refractivity contribution in [2.45, 2.75) is 0 Å². The topological polar surface area (TPSA) is 33.6 Å². The van der Waals surface area contributed by atoms with E-state index in [1.807, 2.05) is 18.2 Å². The van der Waals surface area contributed by atoms with E-state index in [1.54, 1.807) is 0 Å². The van der Waals surface area contributed by atoms with Gasteiger partial charge in [-0.15, -0.1) is 0 Å². The number of H-pyrrole nitrogens is 1. The highest BCUT2D eigenvalue weighted by atomic mass is 15.0. The third-order valence-electron chi connectivity index (χ3n) is 7.79. The second kappa shape index (κ2) is 9.11. The summed E-state index contributed by atoms with van der Waals surface area (Å²) < 4.78 is 2.35. The van der Waals surface area contributed by atoms with Crippen molar-refractivity contribution >= 4 is 32.8 Å². The van der Waals surface area contributed by atoms with Crippen LogP contribution in [0.25, 0.3) is 72.2 Å². The third kappa shape index (κ3) is 3.71. The lowest BCUT2D eigenvalue weighted by atomic mass is 9.98. The van der Waals surface area contributed by atoms with Crippen LogP contribution in [0.2, 0.25) is 0 Å². The number of benzene rings is 6. The molecular formula is C37H25N3. The minimum absolute atomic E-state index is 0.895. The average molecular weight is 512 g/mol. The van der Waals surface area contributed by atoms with E-state index < -0.39 is 0 Å². The first-order valence-electron chi connectivity index (χ1n) is 13.6. The largest absolute Gasteiger partial charge is 0.338 e. The van der Waals surface area contributed by atoms with Gasteiger partial charge in [0.15, 0.2) is 0 Å². The summed E-state index contributed by atoms with van der Waals surface area (Å²) in [5.74, 6) is 0.895. The molecule has 40 heavy (non-hydrogen) atoms. The van der Waals surface area contributed by atoms with Gasteiger partial charge in [0.1, 0.15) is 5.82 Å². The molecule has 0 aliphatic heterocycles. The van der Waals surface area contributed by atoms with Crippen LogP contribution in [0.1, 0.15) is 0 Å². The van der Waals surface area contributed by atoms with Gasteiger partial charge >= 0.3 is 0 Å². The maximum absolute atomic E-state index is 4.73. The normalized spacial score (nSPS) is 11.5. The Kier molecular flexibility index (Phi) is 5.14. The van der Waals surface area contributed by atoms with E-state index in [9.17, 15) is 0 Å².